The molecule has 0 unspecified atom stereocenters. The van der Waals surface area contributed by atoms with Crippen molar-refractivity contribution < 1.29 is 41.0 Å². The number of nitrogens with zero attached hydrogens (tertiary/aromatic N) is 2. The van der Waals surface area contributed by atoms with Gasteiger partial charge in [0.1, 0.15) is 4.21 Å². The number of amides is 2. The van der Waals surface area contributed by atoms with Gasteiger partial charge in [-0.15, -0.1) is 0 Å². The summed E-state index contributed by atoms with van der Waals surface area (Å²) in [5, 5.41) is 11.3. The van der Waals surface area contributed by atoms with Crippen LogP contribution in [-0.4, -0.2) is 60.9 Å². The van der Waals surface area contributed by atoms with E-state index in [-0.39, 0.29) is 40.6 Å². The largest absolute Gasteiger partial charge is 0.480 e. The Balaban J connectivity index is 1.64. The fraction of sp³-hybridized carbons (Fsp3) is 0.542. The van der Waals surface area contributed by atoms with E-state index in [1.54, 1.807) is 0 Å². The molecule has 0 aliphatic heterocycles. The molecule has 0 bridgehead atoms. The summed E-state index contributed by atoms with van der Waals surface area (Å²) in [5.41, 5.74) is -0.779. The Labute approximate surface area is 222 Å². The van der Waals surface area contributed by atoms with Gasteiger partial charge in [-0.25, -0.2) is 18.2 Å². The third kappa shape index (κ3) is 8.67. The average molecular weight is 578 g/mol. The molecule has 1 aliphatic carbocycles. The standard InChI is InChI=1S/C24H30F3N3O6S2/c1-16-6-8-17(9-7-16)13-30(10-11-36-14-18-4-2-3-5-19(18)24(25,26)27)23(33)29-22-28-12-21(37-22)38(34,35)15-20(31)32/h2-5,12,16-17H,6-11,13-15H2,1H3,(H,31,32)(H,28,29,33). The van der Waals surface area contributed by atoms with Gasteiger partial charge in [-0.2, -0.15) is 13.2 Å². The molecule has 1 saturated carbocycles. The minimum Gasteiger partial charge on any atom is -0.480 e. The second-order valence-corrected chi connectivity index (χ2v) is 12.6. The van der Waals surface area contributed by atoms with Gasteiger partial charge in [0.15, 0.2) is 20.7 Å². The van der Waals surface area contributed by atoms with Crippen molar-refractivity contribution in [1.82, 2.24) is 9.88 Å². The molecule has 0 saturated heterocycles. The molecule has 0 atom stereocenters. The minimum absolute atomic E-state index is 0.00449. The molecular weight excluding hydrogens is 547 g/mol. The van der Waals surface area contributed by atoms with Crippen molar-refractivity contribution in [1.29, 1.82) is 0 Å². The Morgan fingerprint density at radius 1 is 1.21 bits per heavy atom. The van der Waals surface area contributed by atoms with Crippen molar-refractivity contribution in [3.8, 4) is 0 Å². The zero-order valence-corrected chi connectivity index (χ0v) is 22.4. The van der Waals surface area contributed by atoms with E-state index >= 15 is 0 Å². The van der Waals surface area contributed by atoms with E-state index < -0.39 is 39.3 Å². The van der Waals surface area contributed by atoms with Crippen LogP contribution < -0.4 is 5.32 Å². The topological polar surface area (TPSA) is 126 Å². The van der Waals surface area contributed by atoms with Crippen molar-refractivity contribution in [2.75, 3.05) is 30.8 Å². The number of carbonyl (C=O) groups excluding carboxylic acids is 1. The number of alkyl halides is 3. The van der Waals surface area contributed by atoms with Crippen molar-refractivity contribution >= 4 is 38.3 Å². The molecule has 2 N–H and O–H groups in total. The molecule has 9 nitrogen and oxygen atoms in total. The highest BCUT2D eigenvalue weighted by Crippen LogP contribution is 2.32. The van der Waals surface area contributed by atoms with Crippen LogP contribution in [0, 0.1) is 11.8 Å². The fourth-order valence-corrected chi connectivity index (χ4v) is 6.39. The van der Waals surface area contributed by atoms with Gasteiger partial charge < -0.3 is 14.7 Å². The Kier molecular flexibility index (Phi) is 10.1. The molecule has 1 aliphatic rings. The number of thiazole rings is 1. The second kappa shape index (κ2) is 12.9. The normalized spacial score (nSPS) is 18.2. The molecule has 2 aromatic rings. The van der Waals surface area contributed by atoms with Crippen molar-refractivity contribution in [2.45, 2.75) is 49.6 Å². The molecule has 210 valence electrons. The molecule has 38 heavy (non-hydrogen) atoms. The summed E-state index contributed by atoms with van der Waals surface area (Å²) in [4.78, 5) is 29.3. The Morgan fingerprint density at radius 3 is 2.55 bits per heavy atom. The molecular formula is C24H30F3N3O6S2. The summed E-state index contributed by atoms with van der Waals surface area (Å²) in [5.74, 6) is -1.75. The first-order valence-corrected chi connectivity index (χ1v) is 14.5. The van der Waals surface area contributed by atoms with Crippen LogP contribution in [0.4, 0.5) is 23.1 Å². The monoisotopic (exact) mass is 577 g/mol. The predicted octanol–water partition coefficient (Wildman–Crippen LogP) is 4.90. The van der Waals surface area contributed by atoms with Gasteiger partial charge in [0, 0.05) is 13.1 Å². The number of aliphatic carboxylic acids is 1. The lowest BCUT2D eigenvalue weighted by Crippen LogP contribution is -2.41. The number of sulfone groups is 1. The second-order valence-electron chi connectivity index (χ2n) is 9.35. The fourth-order valence-electron chi connectivity index (χ4n) is 4.24. The number of carboxylic acids is 1. The number of anilines is 1. The number of aromatic nitrogens is 1. The first-order chi connectivity index (χ1) is 17.8. The molecule has 1 fully saturated rings. The first kappa shape index (κ1) is 29.8. The van der Waals surface area contributed by atoms with Gasteiger partial charge in [-0.1, -0.05) is 49.3 Å². The van der Waals surface area contributed by atoms with E-state index in [0.717, 1.165) is 37.9 Å². The van der Waals surface area contributed by atoms with Crippen molar-refractivity contribution in [2.24, 2.45) is 11.8 Å². The smallest absolute Gasteiger partial charge is 0.416 e. The maximum atomic E-state index is 13.2. The van der Waals surface area contributed by atoms with Crippen LogP contribution in [0.1, 0.15) is 43.7 Å². The molecule has 1 heterocycles. The zero-order chi connectivity index (χ0) is 27.9. The summed E-state index contributed by atoms with van der Waals surface area (Å²) in [6.45, 7) is 2.38. The van der Waals surface area contributed by atoms with Gasteiger partial charge in [0.25, 0.3) is 0 Å². The third-order valence-corrected chi connectivity index (χ3v) is 9.37. The van der Waals surface area contributed by atoms with E-state index in [1.165, 1.54) is 23.1 Å². The van der Waals surface area contributed by atoms with Gasteiger partial charge >= 0.3 is 18.2 Å². The highest BCUT2D eigenvalue weighted by atomic mass is 32.2. The van der Waals surface area contributed by atoms with Gasteiger partial charge in [-0.3, -0.25) is 10.1 Å². The van der Waals surface area contributed by atoms with Crippen LogP contribution in [0.3, 0.4) is 0 Å². The van der Waals surface area contributed by atoms with Crippen LogP contribution in [0.5, 0.6) is 0 Å². The number of carbonyl (C=O) groups is 2. The molecule has 0 radical (unpaired) electrons. The summed E-state index contributed by atoms with van der Waals surface area (Å²) in [7, 11) is -4.09. The lowest BCUT2D eigenvalue weighted by atomic mass is 9.83. The molecule has 14 heteroatoms. The average Bonchev–Trinajstić information content (AvgIpc) is 3.30. The van der Waals surface area contributed by atoms with Gasteiger partial charge in [0.05, 0.1) is 25.0 Å². The maximum Gasteiger partial charge on any atom is 0.416 e. The summed E-state index contributed by atoms with van der Waals surface area (Å²) in [6.07, 6.45) is 0.407. The van der Waals surface area contributed by atoms with Crippen molar-refractivity contribution in [3.63, 3.8) is 0 Å². The van der Waals surface area contributed by atoms with E-state index in [0.29, 0.717) is 23.8 Å². The lowest BCUT2D eigenvalue weighted by molar-refractivity contribution is -0.139. The number of benzene rings is 1. The SMILES string of the molecule is CC1CCC(CN(CCOCc2ccccc2C(F)(F)F)C(=O)Nc2ncc(S(=O)(=O)CC(=O)O)s2)CC1. The summed E-state index contributed by atoms with van der Waals surface area (Å²) >= 11 is 0.645. The number of ether oxygens (including phenoxy) is 1. The molecule has 0 spiro atoms. The minimum atomic E-state index is -4.51. The predicted molar refractivity (Wildman–Crippen MR) is 135 cm³/mol. The number of carboxylic acid groups (broad SMARTS) is 1. The van der Waals surface area contributed by atoms with Gasteiger partial charge in [0.2, 0.25) is 0 Å². The molecule has 2 amide bonds. The number of halogens is 3. The van der Waals surface area contributed by atoms with Crippen LogP contribution in [0.25, 0.3) is 0 Å². The van der Waals surface area contributed by atoms with E-state index in [9.17, 15) is 31.2 Å². The van der Waals surface area contributed by atoms with Crippen LogP contribution >= 0.6 is 11.3 Å². The Hall–Kier alpha value is -2.71. The highest BCUT2D eigenvalue weighted by molar-refractivity contribution is 7.94. The van der Waals surface area contributed by atoms with E-state index in [4.69, 9.17) is 9.84 Å². The van der Waals surface area contributed by atoms with E-state index in [2.05, 4.69) is 17.2 Å². The van der Waals surface area contributed by atoms with E-state index in [1.807, 2.05) is 0 Å². The molecule has 3 rings (SSSR count). The third-order valence-electron chi connectivity index (χ3n) is 6.31. The molecule has 1 aromatic carbocycles. The van der Waals surface area contributed by atoms with Crippen LogP contribution in [0.15, 0.2) is 34.7 Å². The quantitative estimate of drug-likeness (QED) is 0.364. The van der Waals surface area contributed by atoms with Gasteiger partial charge in [-0.05, 0) is 36.3 Å². The summed E-state index contributed by atoms with van der Waals surface area (Å²) < 4.78 is 69.2. The van der Waals surface area contributed by atoms with Crippen LogP contribution in [0.2, 0.25) is 0 Å². The summed E-state index contributed by atoms with van der Waals surface area (Å²) in [6, 6.07) is 4.58. The number of rotatable bonds is 11. The lowest BCUT2D eigenvalue weighted by Gasteiger charge is -2.31. The zero-order valence-electron chi connectivity index (χ0n) is 20.7. The van der Waals surface area contributed by atoms with Crippen LogP contribution in [-0.2, 0) is 32.2 Å². The molecule has 1 aromatic heterocycles. The Morgan fingerprint density at radius 2 is 1.89 bits per heavy atom. The Bertz CT molecular complexity index is 1210. The number of hydrogen-bond acceptors (Lipinski definition) is 7. The highest BCUT2D eigenvalue weighted by Gasteiger charge is 2.33. The first-order valence-electron chi connectivity index (χ1n) is 12.0. The van der Waals surface area contributed by atoms with Crippen molar-refractivity contribution in [3.05, 3.63) is 41.6 Å². The maximum absolute atomic E-state index is 13.2. The number of urea groups is 1. The number of nitrogens with one attached hydrogen (secondary N) is 1. The number of hydrogen-bond donors (Lipinski definition) is 2.